The van der Waals surface area contributed by atoms with Crippen LogP contribution < -0.4 is 10.2 Å². The Bertz CT molecular complexity index is 402. The average Bonchev–Trinajstić information content (AvgIpc) is 2.76. The summed E-state index contributed by atoms with van der Waals surface area (Å²) in [5.74, 6) is -0.106. The molecule has 1 aliphatic heterocycles. The van der Waals surface area contributed by atoms with Crippen molar-refractivity contribution in [3.8, 4) is 0 Å². The van der Waals surface area contributed by atoms with Gasteiger partial charge >= 0.3 is 0 Å². The van der Waals surface area contributed by atoms with Gasteiger partial charge in [-0.25, -0.2) is 0 Å². The summed E-state index contributed by atoms with van der Waals surface area (Å²) in [4.78, 5) is 25.5. The largest absolute Gasteiger partial charge is 0.343 e. The average molecular weight is 238 g/mol. The van der Waals surface area contributed by atoms with Crippen molar-refractivity contribution in [1.29, 1.82) is 0 Å². The number of rotatable bonds is 2. The first-order valence-electron chi connectivity index (χ1n) is 5.30. The molecule has 5 heteroatoms. The molecule has 16 heavy (non-hydrogen) atoms. The van der Waals surface area contributed by atoms with Crippen LogP contribution >= 0.6 is 11.3 Å². The Kier molecular flexibility index (Phi) is 2.96. The van der Waals surface area contributed by atoms with Crippen LogP contribution in [0, 0.1) is 0 Å². The standard InChI is InChI=1S/C11H14N2O2S/c1-3-9-10(14)12-7(2)11(15)13(9)8-4-5-16-6-8/h4-7,9H,3H2,1-2H3,(H,12,14). The van der Waals surface area contributed by atoms with E-state index in [-0.39, 0.29) is 17.9 Å². The van der Waals surface area contributed by atoms with E-state index in [0.717, 1.165) is 5.69 Å². The maximum absolute atomic E-state index is 12.1. The summed E-state index contributed by atoms with van der Waals surface area (Å²) in [6, 6.07) is 1.06. The van der Waals surface area contributed by atoms with Crippen molar-refractivity contribution >= 4 is 28.8 Å². The summed E-state index contributed by atoms with van der Waals surface area (Å²) in [6.07, 6.45) is 0.625. The highest BCUT2D eigenvalue weighted by atomic mass is 32.1. The van der Waals surface area contributed by atoms with E-state index in [9.17, 15) is 9.59 Å². The van der Waals surface area contributed by atoms with Gasteiger partial charge in [0.05, 0.1) is 5.69 Å². The highest BCUT2D eigenvalue weighted by molar-refractivity contribution is 7.08. The van der Waals surface area contributed by atoms with Gasteiger partial charge in [-0.2, -0.15) is 11.3 Å². The number of piperazine rings is 1. The molecule has 1 saturated heterocycles. The van der Waals surface area contributed by atoms with Gasteiger partial charge in [0.1, 0.15) is 12.1 Å². The summed E-state index contributed by atoms with van der Waals surface area (Å²) >= 11 is 1.52. The molecule has 0 spiro atoms. The lowest BCUT2D eigenvalue weighted by Crippen LogP contribution is -2.62. The molecule has 1 fully saturated rings. The molecule has 1 N–H and O–H groups in total. The van der Waals surface area contributed by atoms with Crippen molar-refractivity contribution < 1.29 is 9.59 Å². The van der Waals surface area contributed by atoms with Gasteiger partial charge in [0.2, 0.25) is 11.8 Å². The van der Waals surface area contributed by atoms with E-state index in [1.807, 2.05) is 23.8 Å². The van der Waals surface area contributed by atoms with Crippen LogP contribution in [0.4, 0.5) is 5.69 Å². The molecule has 0 aliphatic carbocycles. The number of thiophene rings is 1. The highest BCUT2D eigenvalue weighted by Gasteiger charge is 2.38. The van der Waals surface area contributed by atoms with Gasteiger partial charge in [-0.1, -0.05) is 6.92 Å². The van der Waals surface area contributed by atoms with Crippen LogP contribution in [0.5, 0.6) is 0 Å². The van der Waals surface area contributed by atoms with Crippen LogP contribution in [0.15, 0.2) is 16.8 Å². The van der Waals surface area contributed by atoms with Crippen LogP contribution in [0.25, 0.3) is 0 Å². The quantitative estimate of drug-likeness (QED) is 0.846. The molecule has 2 atom stereocenters. The number of nitrogens with zero attached hydrogens (tertiary/aromatic N) is 1. The van der Waals surface area contributed by atoms with Crippen molar-refractivity contribution in [2.24, 2.45) is 0 Å². The zero-order valence-electron chi connectivity index (χ0n) is 9.27. The number of amides is 2. The zero-order valence-corrected chi connectivity index (χ0v) is 10.1. The fourth-order valence-corrected chi connectivity index (χ4v) is 2.55. The summed E-state index contributed by atoms with van der Waals surface area (Å²) in [7, 11) is 0. The molecule has 1 aromatic rings. The van der Waals surface area contributed by atoms with Crippen LogP contribution in [-0.2, 0) is 9.59 Å². The summed E-state index contributed by atoms with van der Waals surface area (Å²) in [5, 5.41) is 6.50. The van der Waals surface area contributed by atoms with E-state index in [0.29, 0.717) is 6.42 Å². The van der Waals surface area contributed by atoms with Gasteiger partial charge in [-0.15, -0.1) is 0 Å². The number of hydrogen-bond donors (Lipinski definition) is 1. The minimum absolute atomic E-state index is 0.0372. The predicted molar refractivity (Wildman–Crippen MR) is 63.5 cm³/mol. The number of carbonyl (C=O) groups is 2. The Hall–Kier alpha value is -1.36. The second-order valence-electron chi connectivity index (χ2n) is 3.84. The Morgan fingerprint density at radius 2 is 2.25 bits per heavy atom. The van der Waals surface area contributed by atoms with E-state index >= 15 is 0 Å². The Morgan fingerprint density at radius 1 is 1.50 bits per heavy atom. The topological polar surface area (TPSA) is 49.4 Å². The first kappa shape index (κ1) is 11.1. The summed E-state index contributed by atoms with van der Waals surface area (Å²) < 4.78 is 0. The van der Waals surface area contributed by atoms with Crippen LogP contribution in [0.1, 0.15) is 20.3 Å². The third-order valence-electron chi connectivity index (χ3n) is 2.75. The van der Waals surface area contributed by atoms with Gasteiger partial charge in [0, 0.05) is 5.38 Å². The number of carbonyl (C=O) groups excluding carboxylic acids is 2. The third-order valence-corrected chi connectivity index (χ3v) is 3.42. The third kappa shape index (κ3) is 1.71. The van der Waals surface area contributed by atoms with Crippen molar-refractivity contribution in [2.75, 3.05) is 4.90 Å². The fourth-order valence-electron chi connectivity index (χ4n) is 1.92. The lowest BCUT2D eigenvalue weighted by atomic mass is 10.1. The molecule has 2 rings (SSSR count). The molecule has 0 radical (unpaired) electrons. The van der Waals surface area contributed by atoms with E-state index in [2.05, 4.69) is 5.32 Å². The van der Waals surface area contributed by atoms with E-state index < -0.39 is 6.04 Å². The lowest BCUT2D eigenvalue weighted by molar-refractivity contribution is -0.133. The molecule has 0 aromatic carbocycles. The molecule has 1 aromatic heterocycles. The zero-order chi connectivity index (χ0) is 11.7. The predicted octanol–water partition coefficient (Wildman–Crippen LogP) is 1.38. The second-order valence-corrected chi connectivity index (χ2v) is 4.62. The van der Waals surface area contributed by atoms with Gasteiger partial charge in [0.15, 0.2) is 0 Å². The molecule has 1 aliphatic rings. The summed E-state index contributed by atoms with van der Waals surface area (Å²) in [6.45, 7) is 3.62. The van der Waals surface area contributed by atoms with Crippen molar-refractivity contribution in [3.63, 3.8) is 0 Å². The van der Waals surface area contributed by atoms with Crippen molar-refractivity contribution in [1.82, 2.24) is 5.32 Å². The smallest absolute Gasteiger partial charge is 0.250 e. The molecule has 4 nitrogen and oxygen atoms in total. The highest BCUT2D eigenvalue weighted by Crippen LogP contribution is 2.25. The fraction of sp³-hybridized carbons (Fsp3) is 0.455. The SMILES string of the molecule is CCC1C(=O)NC(C)C(=O)N1c1ccsc1. The Morgan fingerprint density at radius 3 is 2.81 bits per heavy atom. The minimum Gasteiger partial charge on any atom is -0.343 e. The molecule has 0 bridgehead atoms. The minimum atomic E-state index is -0.435. The first-order valence-corrected chi connectivity index (χ1v) is 6.25. The second kappa shape index (κ2) is 4.25. The molecule has 2 heterocycles. The molecule has 2 amide bonds. The molecular formula is C11H14N2O2S. The maximum Gasteiger partial charge on any atom is 0.250 e. The van der Waals surface area contributed by atoms with Crippen LogP contribution in [0.2, 0.25) is 0 Å². The first-order chi connectivity index (χ1) is 7.65. The maximum atomic E-state index is 12.1. The molecule has 0 saturated carbocycles. The van der Waals surface area contributed by atoms with Crippen LogP contribution in [-0.4, -0.2) is 23.9 Å². The molecule has 2 unspecified atom stereocenters. The Labute approximate surface area is 98.3 Å². The van der Waals surface area contributed by atoms with E-state index in [1.165, 1.54) is 11.3 Å². The monoisotopic (exact) mass is 238 g/mol. The molecular weight excluding hydrogens is 224 g/mol. The van der Waals surface area contributed by atoms with Gasteiger partial charge in [-0.3, -0.25) is 14.5 Å². The Balaban J connectivity index is 2.37. The van der Waals surface area contributed by atoms with E-state index in [1.54, 1.807) is 11.8 Å². The van der Waals surface area contributed by atoms with Gasteiger partial charge in [-0.05, 0) is 24.8 Å². The van der Waals surface area contributed by atoms with Crippen LogP contribution in [0.3, 0.4) is 0 Å². The van der Waals surface area contributed by atoms with Crippen molar-refractivity contribution in [3.05, 3.63) is 16.8 Å². The normalized spacial score (nSPS) is 25.8. The lowest BCUT2D eigenvalue weighted by Gasteiger charge is -2.36. The van der Waals surface area contributed by atoms with E-state index in [4.69, 9.17) is 0 Å². The number of anilines is 1. The number of hydrogen-bond acceptors (Lipinski definition) is 3. The number of nitrogens with one attached hydrogen (secondary N) is 1. The van der Waals surface area contributed by atoms with Gasteiger partial charge < -0.3 is 5.32 Å². The molecule has 86 valence electrons. The van der Waals surface area contributed by atoms with Crippen molar-refractivity contribution in [2.45, 2.75) is 32.4 Å². The van der Waals surface area contributed by atoms with Gasteiger partial charge in [0.25, 0.3) is 0 Å². The summed E-state index contributed by atoms with van der Waals surface area (Å²) in [5.41, 5.74) is 0.823.